The van der Waals surface area contributed by atoms with Crippen LogP contribution in [0.2, 0.25) is 5.02 Å². The Kier molecular flexibility index (Phi) is 7.68. The third-order valence-electron chi connectivity index (χ3n) is 6.36. The van der Waals surface area contributed by atoms with E-state index in [0.717, 1.165) is 37.1 Å². The fraction of sp³-hybridized carbons (Fsp3) is 0.370. The van der Waals surface area contributed by atoms with Crippen molar-refractivity contribution >= 4 is 17.5 Å². The second-order valence-corrected chi connectivity index (χ2v) is 9.17. The summed E-state index contributed by atoms with van der Waals surface area (Å²) in [6, 6.07) is 16.9. The molecular formula is C27H30ClN3O3. The van der Waals surface area contributed by atoms with E-state index in [1.54, 1.807) is 28.6 Å². The van der Waals surface area contributed by atoms with Gasteiger partial charge in [-0.2, -0.15) is 5.10 Å². The minimum Gasteiger partial charge on any atom is -0.494 e. The first kappa shape index (κ1) is 24.0. The number of carbonyl (C=O) groups excluding carboxylic acids is 1. The van der Waals surface area contributed by atoms with E-state index >= 15 is 0 Å². The summed E-state index contributed by atoms with van der Waals surface area (Å²) in [4.78, 5) is 27.5. The van der Waals surface area contributed by atoms with Crippen LogP contribution in [0, 0.1) is 12.8 Å². The zero-order valence-corrected chi connectivity index (χ0v) is 20.4. The number of hydrogen-bond acceptors (Lipinski definition) is 4. The number of halogens is 1. The molecule has 4 rings (SSSR count). The van der Waals surface area contributed by atoms with Crippen molar-refractivity contribution in [1.82, 2.24) is 14.7 Å². The second-order valence-electron chi connectivity index (χ2n) is 8.74. The number of piperidine rings is 1. The van der Waals surface area contributed by atoms with Crippen LogP contribution in [-0.4, -0.2) is 40.3 Å². The number of carbonyl (C=O) groups is 1. The molecule has 6 nitrogen and oxygen atoms in total. The van der Waals surface area contributed by atoms with Crippen molar-refractivity contribution < 1.29 is 9.53 Å². The molecule has 0 N–H and O–H groups in total. The molecule has 1 aliphatic heterocycles. The molecule has 34 heavy (non-hydrogen) atoms. The van der Waals surface area contributed by atoms with Crippen molar-refractivity contribution in [3.8, 4) is 11.4 Å². The standard InChI is InChI=1S/C27H30ClN3O3/c1-3-34-24-12-6-20(7-13-24)4-5-21-14-16-30(17-15-21)27(33)26-25(32)18-19(2)31(29-26)23-10-8-22(28)9-11-23/h6-13,18,21H,3-5,14-17H2,1-2H3. The molecule has 1 saturated heterocycles. The van der Waals surface area contributed by atoms with Gasteiger partial charge in [0.25, 0.3) is 5.91 Å². The van der Waals surface area contributed by atoms with E-state index in [9.17, 15) is 9.59 Å². The molecule has 0 unspecified atom stereocenters. The average molecular weight is 480 g/mol. The SMILES string of the molecule is CCOc1ccc(CCC2CCN(C(=O)c3nn(-c4ccc(Cl)cc4)c(C)cc3=O)CC2)cc1. The largest absolute Gasteiger partial charge is 0.494 e. The number of benzene rings is 2. The van der Waals surface area contributed by atoms with Crippen LogP contribution >= 0.6 is 11.6 Å². The van der Waals surface area contributed by atoms with Crippen molar-refractivity contribution in [2.24, 2.45) is 5.92 Å². The molecule has 2 heterocycles. The summed E-state index contributed by atoms with van der Waals surface area (Å²) in [6.45, 7) is 5.73. The van der Waals surface area contributed by atoms with Gasteiger partial charge in [-0.15, -0.1) is 0 Å². The van der Waals surface area contributed by atoms with Crippen LogP contribution in [0.4, 0.5) is 0 Å². The van der Waals surface area contributed by atoms with Gasteiger partial charge in [0, 0.05) is 29.9 Å². The van der Waals surface area contributed by atoms with Gasteiger partial charge < -0.3 is 9.64 Å². The quantitative estimate of drug-likeness (QED) is 0.474. The van der Waals surface area contributed by atoms with Crippen LogP contribution < -0.4 is 10.2 Å². The van der Waals surface area contributed by atoms with E-state index in [1.807, 2.05) is 31.2 Å². The molecule has 2 aromatic carbocycles. The van der Waals surface area contributed by atoms with Gasteiger partial charge in [-0.3, -0.25) is 9.59 Å². The highest BCUT2D eigenvalue weighted by Crippen LogP contribution is 2.24. The molecule has 0 aliphatic carbocycles. The predicted molar refractivity (Wildman–Crippen MR) is 134 cm³/mol. The molecule has 3 aromatic rings. The molecule has 7 heteroatoms. The first-order chi connectivity index (χ1) is 16.4. The van der Waals surface area contributed by atoms with Gasteiger partial charge in [0.05, 0.1) is 12.3 Å². The molecule has 0 spiro atoms. The highest BCUT2D eigenvalue weighted by molar-refractivity contribution is 6.30. The summed E-state index contributed by atoms with van der Waals surface area (Å²) in [5.74, 6) is 1.17. The Hall–Kier alpha value is -3.12. The number of rotatable bonds is 7. The van der Waals surface area contributed by atoms with Gasteiger partial charge in [-0.25, -0.2) is 4.68 Å². The third-order valence-corrected chi connectivity index (χ3v) is 6.61. The van der Waals surface area contributed by atoms with E-state index in [2.05, 4.69) is 17.2 Å². The minimum absolute atomic E-state index is 0.0339. The lowest BCUT2D eigenvalue weighted by atomic mass is 9.90. The Morgan fingerprint density at radius 1 is 1.09 bits per heavy atom. The van der Waals surface area contributed by atoms with E-state index in [0.29, 0.717) is 36.3 Å². The first-order valence-electron chi connectivity index (χ1n) is 11.8. The average Bonchev–Trinajstić information content (AvgIpc) is 2.85. The third kappa shape index (κ3) is 5.68. The molecule has 0 bridgehead atoms. The zero-order valence-electron chi connectivity index (χ0n) is 19.7. The summed E-state index contributed by atoms with van der Waals surface area (Å²) in [5.41, 5.74) is 2.34. The second kappa shape index (κ2) is 10.9. The van der Waals surface area contributed by atoms with Crippen molar-refractivity contribution in [2.75, 3.05) is 19.7 Å². The number of aryl methyl sites for hydroxylation is 2. The van der Waals surface area contributed by atoms with Gasteiger partial charge in [-0.05, 0) is 87.4 Å². The van der Waals surface area contributed by atoms with Crippen molar-refractivity contribution in [2.45, 2.75) is 39.5 Å². The van der Waals surface area contributed by atoms with Crippen LogP contribution in [0.1, 0.15) is 47.9 Å². The van der Waals surface area contributed by atoms with Gasteiger partial charge in [-0.1, -0.05) is 23.7 Å². The van der Waals surface area contributed by atoms with E-state index in [4.69, 9.17) is 16.3 Å². The molecule has 0 saturated carbocycles. The minimum atomic E-state index is -0.342. The van der Waals surface area contributed by atoms with Crippen LogP contribution in [0.3, 0.4) is 0 Å². The summed E-state index contributed by atoms with van der Waals surface area (Å²) in [7, 11) is 0. The predicted octanol–water partition coefficient (Wildman–Crippen LogP) is 5.08. The number of nitrogens with zero attached hydrogens (tertiary/aromatic N) is 3. The number of likely N-dealkylation sites (tertiary alicyclic amines) is 1. The fourth-order valence-electron chi connectivity index (χ4n) is 4.40. The van der Waals surface area contributed by atoms with E-state index in [1.165, 1.54) is 11.6 Å². The van der Waals surface area contributed by atoms with Crippen molar-refractivity contribution in [3.05, 3.63) is 86.8 Å². The Morgan fingerprint density at radius 2 is 1.76 bits per heavy atom. The van der Waals surface area contributed by atoms with Crippen molar-refractivity contribution in [1.29, 1.82) is 0 Å². The Labute approximate surface area is 205 Å². The molecule has 178 valence electrons. The maximum absolute atomic E-state index is 13.2. The topological polar surface area (TPSA) is 64.4 Å². The van der Waals surface area contributed by atoms with Gasteiger partial charge >= 0.3 is 0 Å². The van der Waals surface area contributed by atoms with Crippen LogP contribution in [0.5, 0.6) is 5.75 Å². The van der Waals surface area contributed by atoms with Crippen LogP contribution in [0.25, 0.3) is 5.69 Å². The normalized spacial score (nSPS) is 14.3. The molecular weight excluding hydrogens is 450 g/mol. The van der Waals surface area contributed by atoms with E-state index < -0.39 is 0 Å². The molecule has 1 fully saturated rings. The molecule has 0 atom stereocenters. The van der Waals surface area contributed by atoms with Crippen molar-refractivity contribution in [3.63, 3.8) is 0 Å². The zero-order chi connectivity index (χ0) is 24.1. The molecule has 1 aromatic heterocycles. The number of hydrogen-bond donors (Lipinski definition) is 0. The van der Waals surface area contributed by atoms with Crippen LogP contribution in [0.15, 0.2) is 59.4 Å². The number of aromatic nitrogens is 2. The number of ether oxygens (including phenoxy) is 1. The van der Waals surface area contributed by atoms with Gasteiger partial charge in [0.15, 0.2) is 5.69 Å². The highest BCUT2D eigenvalue weighted by Gasteiger charge is 2.26. The fourth-order valence-corrected chi connectivity index (χ4v) is 4.53. The monoisotopic (exact) mass is 479 g/mol. The summed E-state index contributed by atoms with van der Waals surface area (Å²) in [6.07, 6.45) is 3.96. The summed E-state index contributed by atoms with van der Waals surface area (Å²) < 4.78 is 7.13. The number of amides is 1. The Morgan fingerprint density at radius 3 is 2.41 bits per heavy atom. The van der Waals surface area contributed by atoms with Crippen LogP contribution in [-0.2, 0) is 6.42 Å². The highest BCUT2D eigenvalue weighted by atomic mass is 35.5. The molecule has 0 radical (unpaired) electrons. The molecule has 1 amide bonds. The lowest BCUT2D eigenvalue weighted by molar-refractivity contribution is 0.0677. The molecule has 1 aliphatic rings. The van der Waals surface area contributed by atoms with Gasteiger partial charge in [0.1, 0.15) is 5.75 Å². The summed E-state index contributed by atoms with van der Waals surface area (Å²) in [5, 5.41) is 5.04. The first-order valence-corrected chi connectivity index (χ1v) is 12.2. The lowest BCUT2D eigenvalue weighted by Gasteiger charge is -2.31. The Bertz CT molecular complexity index is 1180. The van der Waals surface area contributed by atoms with E-state index in [-0.39, 0.29) is 17.0 Å². The maximum Gasteiger partial charge on any atom is 0.278 e. The van der Waals surface area contributed by atoms with Gasteiger partial charge in [0.2, 0.25) is 5.43 Å². The summed E-state index contributed by atoms with van der Waals surface area (Å²) >= 11 is 5.99. The maximum atomic E-state index is 13.2. The smallest absolute Gasteiger partial charge is 0.278 e. The Balaban J connectivity index is 1.37. The lowest BCUT2D eigenvalue weighted by Crippen LogP contribution is -2.41.